The van der Waals surface area contributed by atoms with E-state index in [-0.39, 0.29) is 13.0 Å². The Kier molecular flexibility index (Phi) is 12.5. The van der Waals surface area contributed by atoms with Crippen molar-refractivity contribution in [3.8, 4) is 0 Å². The first-order valence-electron chi connectivity index (χ1n) is 9.17. The number of ether oxygens (including phenoxy) is 1. The average molecular weight is 397 g/mol. The van der Waals surface area contributed by atoms with Crippen LogP contribution in [0.1, 0.15) is 77.6 Å². The summed E-state index contributed by atoms with van der Waals surface area (Å²) in [7, 11) is -5.07. The van der Waals surface area contributed by atoms with Crippen LogP contribution in [0.15, 0.2) is 0 Å². The van der Waals surface area contributed by atoms with Gasteiger partial charge in [0.25, 0.3) is 10.1 Å². The summed E-state index contributed by atoms with van der Waals surface area (Å²) >= 11 is 0. The van der Waals surface area contributed by atoms with Crippen LogP contribution in [0.2, 0.25) is 0 Å². The molecule has 0 aromatic heterocycles. The molecule has 0 aliphatic heterocycles. The smallest absolute Gasteiger partial charge is 0.328 e. The fourth-order valence-corrected chi connectivity index (χ4v) is 3.67. The molecule has 0 aromatic carbocycles. The van der Waals surface area contributed by atoms with Crippen molar-refractivity contribution in [3.63, 3.8) is 0 Å². The third kappa shape index (κ3) is 9.49. The average Bonchev–Trinajstić information content (AvgIpc) is 2.53. The van der Waals surface area contributed by atoms with Crippen LogP contribution in [0.5, 0.6) is 0 Å². The van der Waals surface area contributed by atoms with Gasteiger partial charge in [0.05, 0.1) is 6.42 Å². The molecule has 3 N–H and O–H groups in total. The summed E-state index contributed by atoms with van der Waals surface area (Å²) in [5, 5.41) is 17.9. The Morgan fingerprint density at radius 1 is 0.885 bits per heavy atom. The highest BCUT2D eigenvalue weighted by Crippen LogP contribution is 2.28. The van der Waals surface area contributed by atoms with Crippen LogP contribution in [-0.2, 0) is 24.4 Å². The van der Waals surface area contributed by atoms with E-state index >= 15 is 0 Å². The lowest BCUT2D eigenvalue weighted by Crippen LogP contribution is -2.48. The van der Waals surface area contributed by atoms with Gasteiger partial charge in [0.15, 0.2) is 0 Å². The van der Waals surface area contributed by atoms with E-state index in [2.05, 4.69) is 6.92 Å². The van der Waals surface area contributed by atoms with Gasteiger partial charge < -0.3 is 14.9 Å². The molecule has 9 heteroatoms. The Bertz CT molecular complexity index is 517. The SMILES string of the molecule is CCCCCCCCCCOCCCC(CC(=O)O)(C(=O)O)S(=O)(=O)O. The molecule has 0 rings (SSSR count). The van der Waals surface area contributed by atoms with Crippen molar-refractivity contribution in [1.82, 2.24) is 0 Å². The van der Waals surface area contributed by atoms with Gasteiger partial charge in [0.1, 0.15) is 0 Å². The van der Waals surface area contributed by atoms with Gasteiger partial charge in [0.2, 0.25) is 4.75 Å². The predicted molar refractivity (Wildman–Crippen MR) is 96.8 cm³/mol. The van der Waals surface area contributed by atoms with E-state index in [1.165, 1.54) is 32.1 Å². The molecule has 26 heavy (non-hydrogen) atoms. The lowest BCUT2D eigenvalue weighted by Gasteiger charge is -2.24. The Morgan fingerprint density at radius 2 is 1.38 bits per heavy atom. The van der Waals surface area contributed by atoms with Crippen LogP contribution >= 0.6 is 0 Å². The molecule has 1 atom stereocenters. The summed E-state index contributed by atoms with van der Waals surface area (Å²) in [5.41, 5.74) is 0. The first-order valence-corrected chi connectivity index (χ1v) is 10.6. The molecule has 1 unspecified atom stereocenters. The molecule has 0 saturated heterocycles. The summed E-state index contributed by atoms with van der Waals surface area (Å²) in [5.74, 6) is -3.48. The second kappa shape index (κ2) is 13.1. The van der Waals surface area contributed by atoms with E-state index in [0.29, 0.717) is 6.61 Å². The van der Waals surface area contributed by atoms with Gasteiger partial charge in [-0.3, -0.25) is 14.1 Å². The highest BCUT2D eigenvalue weighted by molar-refractivity contribution is 7.88. The molecule has 0 aromatic rings. The summed E-state index contributed by atoms with van der Waals surface area (Å²) in [6.45, 7) is 2.77. The summed E-state index contributed by atoms with van der Waals surface area (Å²) in [4.78, 5) is 22.1. The minimum atomic E-state index is -5.07. The molecule has 0 spiro atoms. The first kappa shape index (κ1) is 24.8. The molecule has 0 heterocycles. The van der Waals surface area contributed by atoms with Crippen LogP contribution in [0, 0.1) is 0 Å². The van der Waals surface area contributed by atoms with Gasteiger partial charge in [-0.25, -0.2) is 0 Å². The monoisotopic (exact) mass is 396 g/mol. The zero-order valence-corrected chi connectivity index (χ0v) is 16.3. The molecule has 0 aliphatic carbocycles. The van der Waals surface area contributed by atoms with E-state index in [0.717, 1.165) is 19.3 Å². The highest BCUT2D eigenvalue weighted by atomic mass is 32.2. The lowest BCUT2D eigenvalue weighted by molar-refractivity contribution is -0.147. The predicted octanol–water partition coefficient (Wildman–Crippen LogP) is 3.11. The lowest BCUT2D eigenvalue weighted by atomic mass is 9.98. The normalized spacial score (nSPS) is 14.1. The zero-order chi connectivity index (χ0) is 20.1. The molecule has 8 nitrogen and oxygen atoms in total. The summed E-state index contributed by atoms with van der Waals surface area (Å²) in [6.07, 6.45) is 7.54. The van der Waals surface area contributed by atoms with Crippen molar-refractivity contribution in [1.29, 1.82) is 0 Å². The summed E-state index contributed by atoms with van der Waals surface area (Å²) in [6, 6.07) is 0. The maximum absolute atomic E-state index is 11.4. The third-order valence-electron chi connectivity index (χ3n) is 4.33. The molecular formula is C17H32O8S. The number of hydrogen-bond donors (Lipinski definition) is 3. The Morgan fingerprint density at radius 3 is 1.85 bits per heavy atom. The number of rotatable bonds is 17. The Balaban J connectivity index is 4.07. The van der Waals surface area contributed by atoms with Gasteiger partial charge >= 0.3 is 11.9 Å². The maximum atomic E-state index is 11.4. The molecule has 0 radical (unpaired) electrons. The van der Waals surface area contributed by atoms with E-state index in [1.54, 1.807) is 0 Å². The van der Waals surface area contributed by atoms with Gasteiger partial charge in [0, 0.05) is 13.2 Å². The van der Waals surface area contributed by atoms with E-state index in [1.807, 2.05) is 0 Å². The van der Waals surface area contributed by atoms with Gasteiger partial charge in [-0.1, -0.05) is 51.9 Å². The third-order valence-corrected chi connectivity index (χ3v) is 5.84. The Hall–Kier alpha value is -1.19. The molecule has 0 fully saturated rings. The highest BCUT2D eigenvalue weighted by Gasteiger charge is 2.51. The molecule has 0 aliphatic rings. The standard InChI is InChI=1S/C17H32O8S/c1-2-3-4-5-6-7-8-9-12-25-13-10-11-17(16(20)21,14-15(18)19)26(22,23)24/h2-14H2,1H3,(H,18,19)(H,20,21)(H,22,23,24). The van der Waals surface area contributed by atoms with Crippen molar-refractivity contribution in [2.75, 3.05) is 13.2 Å². The van der Waals surface area contributed by atoms with E-state index < -0.39 is 39.6 Å². The van der Waals surface area contributed by atoms with Crippen molar-refractivity contribution in [2.24, 2.45) is 0 Å². The molecule has 0 saturated carbocycles. The summed E-state index contributed by atoms with van der Waals surface area (Å²) < 4.78 is 34.7. The second-order valence-corrected chi connectivity index (χ2v) is 8.27. The topological polar surface area (TPSA) is 138 Å². The van der Waals surface area contributed by atoms with Crippen LogP contribution in [0.3, 0.4) is 0 Å². The molecule has 154 valence electrons. The fourth-order valence-electron chi connectivity index (χ4n) is 2.75. The largest absolute Gasteiger partial charge is 0.481 e. The zero-order valence-electron chi connectivity index (χ0n) is 15.5. The van der Waals surface area contributed by atoms with Crippen molar-refractivity contribution >= 4 is 22.1 Å². The van der Waals surface area contributed by atoms with Crippen LogP contribution < -0.4 is 0 Å². The van der Waals surface area contributed by atoms with Crippen molar-refractivity contribution in [2.45, 2.75) is 82.3 Å². The van der Waals surface area contributed by atoms with Crippen LogP contribution in [0.25, 0.3) is 0 Å². The maximum Gasteiger partial charge on any atom is 0.328 e. The number of carboxylic acids is 2. The Labute approximate surface area is 155 Å². The van der Waals surface area contributed by atoms with Crippen LogP contribution in [0.4, 0.5) is 0 Å². The first-order chi connectivity index (χ1) is 12.2. The number of hydrogen-bond acceptors (Lipinski definition) is 5. The number of unbranched alkanes of at least 4 members (excludes halogenated alkanes) is 7. The fraction of sp³-hybridized carbons (Fsp3) is 0.882. The van der Waals surface area contributed by atoms with Crippen molar-refractivity contribution < 1.29 is 37.5 Å². The minimum absolute atomic E-state index is 0.0242. The number of carbonyl (C=O) groups is 2. The number of carboxylic acid groups (broad SMARTS) is 2. The van der Waals surface area contributed by atoms with Gasteiger partial charge in [-0.2, -0.15) is 8.42 Å². The van der Waals surface area contributed by atoms with Crippen molar-refractivity contribution in [3.05, 3.63) is 0 Å². The van der Waals surface area contributed by atoms with E-state index in [4.69, 9.17) is 14.9 Å². The second-order valence-electron chi connectivity index (χ2n) is 6.54. The van der Waals surface area contributed by atoms with Gasteiger partial charge in [-0.15, -0.1) is 0 Å². The van der Waals surface area contributed by atoms with Gasteiger partial charge in [-0.05, 0) is 19.3 Å². The molecule has 0 bridgehead atoms. The van der Waals surface area contributed by atoms with E-state index in [9.17, 15) is 22.6 Å². The minimum Gasteiger partial charge on any atom is -0.481 e. The number of aliphatic carboxylic acids is 2. The van der Waals surface area contributed by atoms with Crippen LogP contribution in [-0.4, -0.2) is 53.1 Å². The molecule has 0 amide bonds. The quantitative estimate of drug-likeness (QED) is 0.252. The molecular weight excluding hydrogens is 364 g/mol.